The fourth-order valence-corrected chi connectivity index (χ4v) is 2.85. The van der Waals surface area contributed by atoms with Gasteiger partial charge in [-0.2, -0.15) is 0 Å². The van der Waals surface area contributed by atoms with Crippen molar-refractivity contribution in [3.63, 3.8) is 0 Å². The van der Waals surface area contributed by atoms with E-state index in [-0.39, 0.29) is 5.91 Å². The Morgan fingerprint density at radius 2 is 2.38 bits per heavy atom. The highest BCUT2D eigenvalue weighted by molar-refractivity contribution is 5.92. The molecule has 2 fully saturated rings. The van der Waals surface area contributed by atoms with Crippen molar-refractivity contribution in [1.82, 2.24) is 15.2 Å². The van der Waals surface area contributed by atoms with Crippen LogP contribution < -0.4 is 5.32 Å². The minimum Gasteiger partial charge on any atom is -0.357 e. The number of aromatic amines is 1. The summed E-state index contributed by atoms with van der Waals surface area (Å²) in [6, 6.07) is 4.24. The van der Waals surface area contributed by atoms with Crippen LogP contribution in [0.5, 0.6) is 0 Å². The Labute approximate surface area is 95.0 Å². The first-order valence-electron chi connectivity index (χ1n) is 6.00. The Hall–Kier alpha value is -1.29. The van der Waals surface area contributed by atoms with Gasteiger partial charge in [0, 0.05) is 25.3 Å². The van der Waals surface area contributed by atoms with Crippen LogP contribution in [0.1, 0.15) is 23.3 Å². The lowest BCUT2D eigenvalue weighted by Crippen LogP contribution is -2.41. The standard InChI is InChI=1S/C12H17N3O/c16-12(10-4-2-6-13-10)15-7-9-3-1-5-14-11(9)8-15/h2,4,6,9,11,13-14H,1,3,5,7-8H2. The quantitative estimate of drug-likeness (QED) is 0.735. The first kappa shape index (κ1) is 9.90. The third kappa shape index (κ3) is 1.63. The van der Waals surface area contributed by atoms with Crippen LogP contribution in [-0.2, 0) is 0 Å². The van der Waals surface area contributed by atoms with Crippen molar-refractivity contribution >= 4 is 5.91 Å². The van der Waals surface area contributed by atoms with Crippen LogP contribution in [0.4, 0.5) is 0 Å². The Morgan fingerprint density at radius 1 is 1.44 bits per heavy atom. The second-order valence-electron chi connectivity index (χ2n) is 4.76. The smallest absolute Gasteiger partial charge is 0.270 e. The van der Waals surface area contributed by atoms with E-state index in [2.05, 4.69) is 10.3 Å². The molecule has 1 aromatic rings. The second-order valence-corrected chi connectivity index (χ2v) is 4.76. The third-order valence-corrected chi connectivity index (χ3v) is 3.71. The molecule has 1 aromatic heterocycles. The molecule has 0 bridgehead atoms. The highest BCUT2D eigenvalue weighted by atomic mass is 16.2. The molecule has 0 radical (unpaired) electrons. The summed E-state index contributed by atoms with van der Waals surface area (Å²) in [6.07, 6.45) is 4.30. The maximum absolute atomic E-state index is 12.1. The average molecular weight is 219 g/mol. The van der Waals surface area contributed by atoms with Gasteiger partial charge in [-0.05, 0) is 37.4 Å². The van der Waals surface area contributed by atoms with Gasteiger partial charge >= 0.3 is 0 Å². The molecule has 4 heteroatoms. The summed E-state index contributed by atoms with van der Waals surface area (Å²) in [6.45, 7) is 2.88. The van der Waals surface area contributed by atoms with Gasteiger partial charge in [0.05, 0.1) is 0 Å². The Bertz CT molecular complexity index is 360. The van der Waals surface area contributed by atoms with Crippen LogP contribution in [-0.4, -0.2) is 41.5 Å². The lowest BCUT2D eigenvalue weighted by molar-refractivity contribution is 0.0780. The summed E-state index contributed by atoms with van der Waals surface area (Å²) in [5.41, 5.74) is 0.707. The number of likely N-dealkylation sites (tertiary alicyclic amines) is 1. The number of fused-ring (bicyclic) bond motifs is 1. The van der Waals surface area contributed by atoms with Crippen molar-refractivity contribution in [3.8, 4) is 0 Å². The van der Waals surface area contributed by atoms with Gasteiger partial charge in [0.15, 0.2) is 0 Å². The number of carbonyl (C=O) groups excluding carboxylic acids is 1. The molecule has 2 N–H and O–H groups in total. The maximum atomic E-state index is 12.1. The third-order valence-electron chi connectivity index (χ3n) is 3.71. The van der Waals surface area contributed by atoms with E-state index in [0.29, 0.717) is 17.7 Å². The van der Waals surface area contributed by atoms with Gasteiger partial charge in [0.1, 0.15) is 5.69 Å². The van der Waals surface area contributed by atoms with Crippen LogP contribution in [0.3, 0.4) is 0 Å². The zero-order chi connectivity index (χ0) is 11.0. The summed E-state index contributed by atoms with van der Waals surface area (Å²) >= 11 is 0. The van der Waals surface area contributed by atoms with Crippen molar-refractivity contribution in [2.45, 2.75) is 18.9 Å². The van der Waals surface area contributed by atoms with E-state index in [1.54, 1.807) is 6.20 Å². The van der Waals surface area contributed by atoms with Gasteiger partial charge in [-0.3, -0.25) is 4.79 Å². The van der Waals surface area contributed by atoms with Gasteiger partial charge in [0.25, 0.3) is 5.91 Å². The lowest BCUT2D eigenvalue weighted by Gasteiger charge is -2.24. The van der Waals surface area contributed by atoms with E-state index in [9.17, 15) is 4.79 Å². The van der Waals surface area contributed by atoms with Crippen LogP contribution in [0.25, 0.3) is 0 Å². The van der Waals surface area contributed by atoms with Crippen LogP contribution in [0.2, 0.25) is 0 Å². The molecule has 1 amide bonds. The predicted molar refractivity (Wildman–Crippen MR) is 61.2 cm³/mol. The summed E-state index contributed by atoms with van der Waals surface area (Å²) in [5, 5.41) is 3.51. The molecule has 0 saturated carbocycles. The van der Waals surface area contributed by atoms with E-state index < -0.39 is 0 Å². The van der Waals surface area contributed by atoms with Crippen LogP contribution in [0.15, 0.2) is 18.3 Å². The summed E-state index contributed by atoms with van der Waals surface area (Å²) in [7, 11) is 0. The first-order chi connectivity index (χ1) is 7.84. The fraction of sp³-hybridized carbons (Fsp3) is 0.583. The Morgan fingerprint density at radius 3 is 3.12 bits per heavy atom. The molecule has 2 aliphatic heterocycles. The number of nitrogens with one attached hydrogen (secondary N) is 2. The van der Waals surface area contributed by atoms with E-state index in [0.717, 1.165) is 19.6 Å². The molecule has 4 nitrogen and oxygen atoms in total. The van der Waals surface area contributed by atoms with Crippen molar-refractivity contribution < 1.29 is 4.79 Å². The number of hydrogen-bond donors (Lipinski definition) is 2. The number of amides is 1. The number of aromatic nitrogens is 1. The zero-order valence-electron chi connectivity index (χ0n) is 9.28. The molecule has 2 atom stereocenters. The zero-order valence-corrected chi connectivity index (χ0v) is 9.28. The molecule has 2 unspecified atom stereocenters. The SMILES string of the molecule is O=C(c1ccc[nH]1)N1CC2CCCNC2C1. The minimum absolute atomic E-state index is 0.140. The Kier molecular flexibility index (Phi) is 2.44. The van der Waals surface area contributed by atoms with E-state index in [1.165, 1.54) is 12.8 Å². The average Bonchev–Trinajstić information content (AvgIpc) is 2.97. The number of rotatable bonds is 1. The number of piperidine rings is 1. The van der Waals surface area contributed by atoms with E-state index >= 15 is 0 Å². The number of hydrogen-bond acceptors (Lipinski definition) is 2. The van der Waals surface area contributed by atoms with Gasteiger partial charge < -0.3 is 15.2 Å². The monoisotopic (exact) mass is 219 g/mol. The number of carbonyl (C=O) groups is 1. The molecule has 86 valence electrons. The first-order valence-corrected chi connectivity index (χ1v) is 6.00. The van der Waals surface area contributed by atoms with Crippen LogP contribution >= 0.6 is 0 Å². The molecule has 2 aliphatic rings. The van der Waals surface area contributed by atoms with Crippen molar-refractivity contribution in [2.75, 3.05) is 19.6 Å². The molecule has 0 spiro atoms. The largest absolute Gasteiger partial charge is 0.357 e. The lowest BCUT2D eigenvalue weighted by atomic mass is 9.94. The molecule has 0 aliphatic carbocycles. The van der Waals surface area contributed by atoms with E-state index in [1.807, 2.05) is 17.0 Å². The molecule has 3 rings (SSSR count). The van der Waals surface area contributed by atoms with Crippen molar-refractivity contribution in [1.29, 1.82) is 0 Å². The second kappa shape index (κ2) is 3.94. The molecule has 3 heterocycles. The molecular formula is C12H17N3O. The highest BCUT2D eigenvalue weighted by Gasteiger charge is 2.36. The van der Waals surface area contributed by atoms with Gasteiger partial charge in [-0.25, -0.2) is 0 Å². The topological polar surface area (TPSA) is 48.1 Å². The number of nitrogens with zero attached hydrogens (tertiary/aromatic N) is 1. The minimum atomic E-state index is 0.140. The molecule has 2 saturated heterocycles. The normalized spacial score (nSPS) is 29.1. The van der Waals surface area contributed by atoms with Gasteiger partial charge in [-0.1, -0.05) is 0 Å². The summed E-state index contributed by atoms with van der Waals surface area (Å²) in [5.74, 6) is 0.800. The van der Waals surface area contributed by atoms with Crippen molar-refractivity contribution in [3.05, 3.63) is 24.0 Å². The van der Waals surface area contributed by atoms with Gasteiger partial charge in [-0.15, -0.1) is 0 Å². The van der Waals surface area contributed by atoms with Crippen molar-refractivity contribution in [2.24, 2.45) is 5.92 Å². The molecule has 16 heavy (non-hydrogen) atoms. The fourth-order valence-electron chi connectivity index (χ4n) is 2.85. The summed E-state index contributed by atoms with van der Waals surface area (Å²) < 4.78 is 0. The number of H-pyrrole nitrogens is 1. The summed E-state index contributed by atoms with van der Waals surface area (Å²) in [4.78, 5) is 17.1. The molecular weight excluding hydrogens is 202 g/mol. The van der Waals surface area contributed by atoms with Gasteiger partial charge in [0.2, 0.25) is 0 Å². The highest BCUT2D eigenvalue weighted by Crippen LogP contribution is 2.25. The predicted octanol–water partition coefficient (Wildman–Crippen LogP) is 0.839. The van der Waals surface area contributed by atoms with E-state index in [4.69, 9.17) is 0 Å². The maximum Gasteiger partial charge on any atom is 0.270 e. The molecule has 0 aromatic carbocycles. The Balaban J connectivity index is 1.71. The van der Waals surface area contributed by atoms with Crippen LogP contribution in [0, 0.1) is 5.92 Å².